The molecule has 2 heterocycles. The summed E-state index contributed by atoms with van der Waals surface area (Å²) in [5, 5.41) is 7.93. The second kappa shape index (κ2) is 2.30. The van der Waals surface area contributed by atoms with Gasteiger partial charge in [0.15, 0.2) is 0 Å². The molecule has 11 heavy (non-hydrogen) atoms. The topological polar surface area (TPSA) is 57.1 Å². The van der Waals surface area contributed by atoms with Crippen molar-refractivity contribution in [3.05, 3.63) is 0 Å². The molecule has 0 aromatic carbocycles. The Hall–Kier alpha value is -0.910. The van der Waals surface area contributed by atoms with Crippen molar-refractivity contribution < 1.29 is 4.79 Å². The maximum atomic E-state index is 11.0. The first-order chi connectivity index (χ1) is 5.29. The molecule has 0 spiro atoms. The average molecular weight is 217 g/mol. The summed E-state index contributed by atoms with van der Waals surface area (Å²) in [5.41, 5.74) is 0. The van der Waals surface area contributed by atoms with E-state index in [1.165, 1.54) is 6.34 Å². The summed E-state index contributed by atoms with van der Waals surface area (Å²) in [5.74, 6) is 0.191. The minimum absolute atomic E-state index is 0.0276. The lowest BCUT2D eigenvalue weighted by molar-refractivity contribution is -0.114. The zero-order valence-corrected chi connectivity index (χ0v) is 7.08. The van der Waals surface area contributed by atoms with Gasteiger partial charge in [-0.1, -0.05) is 15.9 Å². The number of nitrogens with zero attached hydrogens (tertiary/aromatic N) is 3. The summed E-state index contributed by atoms with van der Waals surface area (Å²) in [7, 11) is 0. The highest BCUT2D eigenvalue weighted by Gasteiger charge is 2.31. The molecule has 2 rings (SSSR count). The van der Waals surface area contributed by atoms with Crippen LogP contribution in [0.5, 0.6) is 0 Å². The van der Waals surface area contributed by atoms with Gasteiger partial charge < -0.3 is 5.32 Å². The molecule has 6 heteroatoms. The summed E-state index contributed by atoms with van der Waals surface area (Å²) in [6.07, 6.45) is 1.36. The number of hydrogen-bond acceptors (Lipinski definition) is 4. The van der Waals surface area contributed by atoms with E-state index in [1.807, 2.05) is 0 Å². The van der Waals surface area contributed by atoms with Gasteiger partial charge in [0.2, 0.25) is 5.84 Å². The van der Waals surface area contributed by atoms with E-state index < -0.39 is 0 Å². The van der Waals surface area contributed by atoms with Crippen LogP contribution in [0.25, 0.3) is 0 Å². The minimum Gasteiger partial charge on any atom is -0.309 e. The van der Waals surface area contributed by atoms with Crippen LogP contribution in [0.3, 0.4) is 0 Å². The maximum absolute atomic E-state index is 11.0. The molecule has 2 aliphatic rings. The molecular weight excluding hydrogens is 212 g/mol. The molecular formula is C5H5BrN4O. The highest BCUT2D eigenvalue weighted by atomic mass is 79.9. The smallest absolute Gasteiger partial charge is 0.293 e. The molecule has 1 amide bonds. The first-order valence-electron chi connectivity index (χ1n) is 3.10. The highest BCUT2D eigenvalue weighted by Crippen LogP contribution is 2.17. The van der Waals surface area contributed by atoms with Crippen molar-refractivity contribution in [1.82, 2.24) is 10.3 Å². The normalized spacial score (nSPS) is 28.1. The molecule has 0 aromatic heterocycles. The van der Waals surface area contributed by atoms with Gasteiger partial charge in [0.05, 0.1) is 6.54 Å². The number of amides is 1. The Labute approximate surface area is 71.3 Å². The Morgan fingerprint density at radius 1 is 1.82 bits per heavy atom. The van der Waals surface area contributed by atoms with Gasteiger partial charge in [-0.2, -0.15) is 5.10 Å². The summed E-state index contributed by atoms with van der Waals surface area (Å²) >= 11 is 3.33. The second-order valence-corrected chi connectivity index (χ2v) is 3.22. The van der Waals surface area contributed by atoms with Crippen molar-refractivity contribution in [2.24, 2.45) is 10.1 Å². The predicted octanol–water partition coefficient (Wildman–Crippen LogP) is -0.505. The molecule has 0 unspecified atom stereocenters. The fourth-order valence-electron chi connectivity index (χ4n) is 0.961. The van der Waals surface area contributed by atoms with Crippen molar-refractivity contribution in [3.63, 3.8) is 0 Å². The standard InChI is InChI=1S/C5H5BrN4O/c6-3-1-7-4-5(11)8-2-9-10(3)4/h2-3H,1H2,(H,8,9,11)/t3-/m1/s1. The quantitative estimate of drug-likeness (QED) is 0.439. The fraction of sp³-hybridized carbons (Fsp3) is 0.400. The van der Waals surface area contributed by atoms with E-state index in [0.717, 1.165) is 0 Å². The summed E-state index contributed by atoms with van der Waals surface area (Å²) in [4.78, 5) is 15.0. The van der Waals surface area contributed by atoms with Crippen LogP contribution in [-0.4, -0.2) is 34.6 Å². The number of halogens is 1. The summed E-state index contributed by atoms with van der Waals surface area (Å²) in [6.45, 7) is 0.570. The SMILES string of the molecule is O=C1NC=NN2C1=NC[C@@H]2Br. The van der Waals surface area contributed by atoms with Crippen LogP contribution in [0, 0.1) is 0 Å². The summed E-state index contributed by atoms with van der Waals surface area (Å²) in [6, 6.07) is 0. The Morgan fingerprint density at radius 2 is 2.64 bits per heavy atom. The lowest BCUT2D eigenvalue weighted by Crippen LogP contribution is -2.44. The number of aliphatic imine (C=N–C) groups is 1. The third kappa shape index (κ3) is 0.936. The number of nitrogens with one attached hydrogen (secondary N) is 1. The monoisotopic (exact) mass is 216 g/mol. The van der Waals surface area contributed by atoms with Crippen molar-refractivity contribution >= 4 is 34.0 Å². The van der Waals surface area contributed by atoms with Crippen LogP contribution in [0.2, 0.25) is 0 Å². The van der Waals surface area contributed by atoms with Crippen molar-refractivity contribution in [2.75, 3.05) is 6.54 Å². The molecule has 58 valence electrons. The third-order valence-electron chi connectivity index (χ3n) is 1.45. The zero-order chi connectivity index (χ0) is 7.84. The van der Waals surface area contributed by atoms with Crippen LogP contribution in [0.15, 0.2) is 10.1 Å². The van der Waals surface area contributed by atoms with E-state index in [2.05, 4.69) is 31.3 Å². The van der Waals surface area contributed by atoms with E-state index in [-0.39, 0.29) is 10.9 Å². The van der Waals surface area contributed by atoms with Crippen LogP contribution in [0.4, 0.5) is 0 Å². The second-order valence-electron chi connectivity index (χ2n) is 2.16. The van der Waals surface area contributed by atoms with Gasteiger partial charge in [0, 0.05) is 0 Å². The van der Waals surface area contributed by atoms with Crippen molar-refractivity contribution in [3.8, 4) is 0 Å². The molecule has 5 nitrogen and oxygen atoms in total. The number of fused-ring (bicyclic) bond motifs is 1. The van der Waals surface area contributed by atoms with E-state index in [9.17, 15) is 4.79 Å². The van der Waals surface area contributed by atoms with Crippen LogP contribution in [0.1, 0.15) is 0 Å². The van der Waals surface area contributed by atoms with E-state index >= 15 is 0 Å². The number of rotatable bonds is 0. The Morgan fingerprint density at radius 3 is 3.36 bits per heavy atom. The average Bonchev–Trinajstić information content (AvgIpc) is 2.35. The molecule has 2 aliphatic heterocycles. The molecule has 0 aromatic rings. The first-order valence-corrected chi connectivity index (χ1v) is 4.01. The lowest BCUT2D eigenvalue weighted by atomic mass is 10.5. The number of hydrazone groups is 1. The molecule has 0 radical (unpaired) electrons. The molecule has 0 saturated heterocycles. The molecule has 0 bridgehead atoms. The van der Waals surface area contributed by atoms with Gasteiger partial charge in [-0.25, -0.2) is 5.01 Å². The maximum Gasteiger partial charge on any atom is 0.293 e. The highest BCUT2D eigenvalue weighted by molar-refractivity contribution is 9.09. The Kier molecular flexibility index (Phi) is 1.42. The van der Waals surface area contributed by atoms with E-state index in [4.69, 9.17) is 0 Å². The lowest BCUT2D eigenvalue weighted by Gasteiger charge is -2.19. The van der Waals surface area contributed by atoms with Crippen LogP contribution < -0.4 is 5.32 Å². The van der Waals surface area contributed by atoms with Crippen molar-refractivity contribution in [1.29, 1.82) is 0 Å². The number of amidine groups is 1. The van der Waals surface area contributed by atoms with Gasteiger partial charge in [0.25, 0.3) is 5.91 Å². The number of carbonyl (C=O) groups excluding carboxylic acids is 1. The minimum atomic E-state index is -0.193. The predicted molar refractivity (Wildman–Crippen MR) is 43.5 cm³/mol. The summed E-state index contributed by atoms with van der Waals surface area (Å²) < 4.78 is 0. The molecule has 0 fully saturated rings. The molecule has 1 atom stereocenters. The van der Waals surface area contributed by atoms with E-state index in [0.29, 0.717) is 12.4 Å². The number of carbonyl (C=O) groups is 1. The Balaban J connectivity index is 2.34. The van der Waals surface area contributed by atoms with Gasteiger partial charge in [-0.15, -0.1) is 0 Å². The van der Waals surface area contributed by atoms with Gasteiger partial charge >= 0.3 is 0 Å². The molecule has 1 N–H and O–H groups in total. The zero-order valence-electron chi connectivity index (χ0n) is 5.49. The number of alkyl halides is 1. The van der Waals surface area contributed by atoms with Gasteiger partial charge in [0.1, 0.15) is 11.3 Å². The van der Waals surface area contributed by atoms with Crippen LogP contribution >= 0.6 is 15.9 Å². The van der Waals surface area contributed by atoms with Crippen molar-refractivity contribution in [2.45, 2.75) is 4.95 Å². The molecule has 0 aliphatic carbocycles. The van der Waals surface area contributed by atoms with Gasteiger partial charge in [-0.3, -0.25) is 9.79 Å². The Bertz CT molecular complexity index is 261. The third-order valence-corrected chi connectivity index (χ3v) is 2.13. The molecule has 0 saturated carbocycles. The van der Waals surface area contributed by atoms with E-state index in [1.54, 1.807) is 5.01 Å². The first kappa shape index (κ1) is 6.78. The van der Waals surface area contributed by atoms with Gasteiger partial charge in [-0.05, 0) is 0 Å². The van der Waals surface area contributed by atoms with Crippen LogP contribution in [-0.2, 0) is 4.79 Å². The number of hydrogen-bond donors (Lipinski definition) is 1. The fourth-order valence-corrected chi connectivity index (χ4v) is 1.41. The largest absolute Gasteiger partial charge is 0.309 e.